The first-order valence-corrected chi connectivity index (χ1v) is 14.9. The van der Waals surface area contributed by atoms with Crippen LogP contribution < -0.4 is 32.3 Å². The average molecular weight is 601 g/mol. The summed E-state index contributed by atoms with van der Waals surface area (Å²) in [6.45, 7) is 8.85. The molecule has 0 radical (unpaired) electrons. The summed E-state index contributed by atoms with van der Waals surface area (Å²) in [5, 5.41) is 21.6. The van der Waals surface area contributed by atoms with Crippen LogP contribution in [0.25, 0.3) is 0 Å². The van der Waals surface area contributed by atoms with Crippen molar-refractivity contribution in [2.75, 3.05) is 13.6 Å². The minimum absolute atomic E-state index is 0.197. The van der Waals surface area contributed by atoms with E-state index in [1.165, 1.54) is 4.90 Å². The van der Waals surface area contributed by atoms with Crippen LogP contribution in [0.5, 0.6) is 0 Å². The van der Waals surface area contributed by atoms with Gasteiger partial charge in [-0.15, -0.1) is 0 Å². The summed E-state index contributed by atoms with van der Waals surface area (Å²) in [6, 6.07) is 4.82. The molecular formula is C30H48N8O5. The second kappa shape index (κ2) is 15.9. The van der Waals surface area contributed by atoms with E-state index in [0.717, 1.165) is 0 Å². The Balaban J connectivity index is 2.57. The highest BCUT2D eigenvalue weighted by molar-refractivity contribution is 5.97. The van der Waals surface area contributed by atoms with E-state index in [4.69, 9.17) is 11.1 Å². The summed E-state index contributed by atoms with van der Waals surface area (Å²) >= 11 is 0. The van der Waals surface area contributed by atoms with Crippen LogP contribution in [-0.2, 0) is 24.0 Å². The van der Waals surface area contributed by atoms with Crippen LogP contribution in [0.2, 0.25) is 0 Å². The van der Waals surface area contributed by atoms with E-state index in [9.17, 15) is 24.0 Å². The summed E-state index contributed by atoms with van der Waals surface area (Å²) < 4.78 is 0. The summed E-state index contributed by atoms with van der Waals surface area (Å²) in [6.07, 6.45) is 1.72. The lowest BCUT2D eigenvalue weighted by Gasteiger charge is -2.35. The fraction of sp³-hybridized carbons (Fsp3) is 0.600. The van der Waals surface area contributed by atoms with E-state index in [0.29, 0.717) is 31.4 Å². The molecule has 5 atom stereocenters. The minimum atomic E-state index is -1.39. The lowest BCUT2D eigenvalue weighted by atomic mass is 9.91. The number of guanidine groups is 1. The highest BCUT2D eigenvalue weighted by atomic mass is 16.2. The fourth-order valence-electron chi connectivity index (χ4n) is 4.87. The first kappa shape index (κ1) is 35.0. The number of hydrogen-bond donors (Lipinski definition) is 7. The van der Waals surface area contributed by atoms with Gasteiger partial charge in [-0.1, -0.05) is 58.0 Å². The number of nitrogens with two attached hydrogens (primary N) is 1. The summed E-state index contributed by atoms with van der Waals surface area (Å²) in [5.41, 5.74) is 4.80. The van der Waals surface area contributed by atoms with Crippen molar-refractivity contribution < 1.29 is 24.0 Å². The molecule has 43 heavy (non-hydrogen) atoms. The topological polar surface area (TPSA) is 199 Å². The second-order valence-corrected chi connectivity index (χ2v) is 11.5. The Labute approximate surface area is 254 Å². The normalized spacial score (nSPS) is 25.3. The lowest BCUT2D eigenvalue weighted by Crippen LogP contribution is -2.66. The van der Waals surface area contributed by atoms with Gasteiger partial charge in [0.25, 0.3) is 0 Å². The van der Waals surface area contributed by atoms with Crippen molar-refractivity contribution in [2.45, 2.75) is 96.4 Å². The third-order valence-electron chi connectivity index (χ3n) is 7.68. The maximum Gasteiger partial charge on any atom is 0.249 e. The Hall–Kier alpha value is -4.16. The average Bonchev–Trinajstić information content (AvgIpc) is 2.97. The Morgan fingerprint density at radius 3 is 2.28 bits per heavy atom. The molecule has 1 aromatic carbocycles. The number of rotatable bonds is 7. The van der Waals surface area contributed by atoms with Crippen molar-refractivity contribution in [1.82, 2.24) is 31.5 Å². The molecule has 1 aromatic rings. The maximum absolute atomic E-state index is 13.8. The van der Waals surface area contributed by atoms with Gasteiger partial charge in [0, 0.05) is 19.5 Å². The molecule has 5 amide bonds. The van der Waals surface area contributed by atoms with Gasteiger partial charge in [-0.3, -0.25) is 29.4 Å². The van der Waals surface area contributed by atoms with Crippen LogP contribution in [0, 0.1) is 11.3 Å². The molecule has 238 valence electrons. The summed E-state index contributed by atoms with van der Waals surface area (Å²) in [4.78, 5) is 68.9. The number of carbonyl (C=O) groups is 5. The number of benzene rings is 1. The molecule has 1 fully saturated rings. The third-order valence-corrected chi connectivity index (χ3v) is 7.68. The van der Waals surface area contributed by atoms with Crippen LogP contribution in [-0.4, -0.2) is 77.7 Å². The smallest absolute Gasteiger partial charge is 0.249 e. The van der Waals surface area contributed by atoms with Gasteiger partial charge < -0.3 is 37.2 Å². The van der Waals surface area contributed by atoms with E-state index >= 15 is 0 Å². The third kappa shape index (κ3) is 9.69. The molecule has 1 aliphatic heterocycles. The van der Waals surface area contributed by atoms with E-state index in [1.54, 1.807) is 65.9 Å². The Kier molecular flexibility index (Phi) is 13.0. The van der Waals surface area contributed by atoms with Crippen molar-refractivity contribution in [3.8, 4) is 0 Å². The highest BCUT2D eigenvalue weighted by Crippen LogP contribution is 2.20. The van der Waals surface area contributed by atoms with Crippen molar-refractivity contribution in [3.63, 3.8) is 0 Å². The van der Waals surface area contributed by atoms with E-state index in [1.807, 2.05) is 6.07 Å². The molecule has 8 N–H and O–H groups in total. The lowest BCUT2D eigenvalue weighted by molar-refractivity contribution is -0.139. The molecule has 1 aliphatic rings. The Morgan fingerprint density at radius 1 is 1.07 bits per heavy atom. The van der Waals surface area contributed by atoms with Gasteiger partial charge in [-0.25, -0.2) is 0 Å². The van der Waals surface area contributed by atoms with Gasteiger partial charge in [-0.2, -0.15) is 0 Å². The van der Waals surface area contributed by atoms with E-state index in [2.05, 4.69) is 26.6 Å². The SMILES string of the molecule is CCC(NC(=N)N)[C@@H]1NC(=O)[C@](C)(NC(=O)C(C)C)CCCCN(C)C(=O)[C@@H](c2ccccc2)NC(=O)[C@H](CC)NC1=O. The molecule has 13 heteroatoms. The molecule has 0 saturated carbocycles. The fourth-order valence-corrected chi connectivity index (χ4v) is 4.87. The summed E-state index contributed by atoms with van der Waals surface area (Å²) in [7, 11) is 1.65. The minimum Gasteiger partial charge on any atom is -0.370 e. The highest BCUT2D eigenvalue weighted by Gasteiger charge is 2.40. The number of carbonyl (C=O) groups excluding carboxylic acids is 5. The largest absolute Gasteiger partial charge is 0.370 e. The zero-order valence-corrected chi connectivity index (χ0v) is 26.1. The quantitative estimate of drug-likeness (QED) is 0.176. The van der Waals surface area contributed by atoms with Crippen LogP contribution in [0.3, 0.4) is 0 Å². The van der Waals surface area contributed by atoms with Gasteiger partial charge in [-0.05, 0) is 44.6 Å². The molecular weight excluding hydrogens is 552 g/mol. The van der Waals surface area contributed by atoms with Gasteiger partial charge in [0.2, 0.25) is 29.5 Å². The van der Waals surface area contributed by atoms with Gasteiger partial charge in [0.15, 0.2) is 5.96 Å². The summed E-state index contributed by atoms with van der Waals surface area (Å²) in [5.74, 6) is -3.28. The Morgan fingerprint density at radius 2 is 1.72 bits per heavy atom. The Bertz CT molecular complexity index is 1160. The maximum atomic E-state index is 13.8. The van der Waals surface area contributed by atoms with Crippen LogP contribution >= 0.6 is 0 Å². The number of amides is 5. The van der Waals surface area contributed by atoms with Crippen molar-refractivity contribution in [3.05, 3.63) is 35.9 Å². The number of nitrogens with one attached hydrogen (secondary N) is 6. The molecule has 13 nitrogen and oxygen atoms in total. The van der Waals surface area contributed by atoms with Gasteiger partial charge >= 0.3 is 0 Å². The first-order chi connectivity index (χ1) is 20.2. The zero-order chi connectivity index (χ0) is 32.3. The predicted molar refractivity (Wildman–Crippen MR) is 163 cm³/mol. The van der Waals surface area contributed by atoms with Gasteiger partial charge in [0.05, 0.1) is 6.04 Å². The van der Waals surface area contributed by atoms with Crippen molar-refractivity contribution in [2.24, 2.45) is 11.7 Å². The molecule has 2 rings (SSSR count). The number of nitrogens with zero attached hydrogens (tertiary/aromatic N) is 1. The monoisotopic (exact) mass is 600 g/mol. The molecule has 0 aromatic heterocycles. The molecule has 1 unspecified atom stereocenters. The van der Waals surface area contributed by atoms with Gasteiger partial charge in [0.1, 0.15) is 23.7 Å². The molecule has 0 spiro atoms. The number of likely N-dealkylation sites (N-methyl/N-ethyl adjacent to an activating group) is 1. The molecule has 1 saturated heterocycles. The molecule has 1 heterocycles. The zero-order valence-electron chi connectivity index (χ0n) is 26.1. The first-order valence-electron chi connectivity index (χ1n) is 14.9. The standard InChI is InChI=1S/C30H48N8O5/c1-7-20(34-29(31)32)23-26(41)33-21(8-2)25(40)35-22(19-14-10-9-11-15-19)27(42)38(6)17-13-12-16-30(5,28(43)36-23)37-24(39)18(3)4/h9-11,14-15,18,20-23H,7-8,12-13,16-17H2,1-6H3,(H,33,41)(H,35,40)(H,36,43)(H,37,39)(H4,31,32,34)/t20?,21-,22+,23-,30+/m0/s1. The van der Waals surface area contributed by atoms with Crippen LogP contribution in [0.4, 0.5) is 0 Å². The molecule has 0 aliphatic carbocycles. The van der Waals surface area contributed by atoms with Crippen LogP contribution in [0.15, 0.2) is 30.3 Å². The molecule has 0 bridgehead atoms. The van der Waals surface area contributed by atoms with Crippen molar-refractivity contribution in [1.29, 1.82) is 5.41 Å². The van der Waals surface area contributed by atoms with Crippen LogP contribution in [0.1, 0.15) is 78.3 Å². The van der Waals surface area contributed by atoms with Crippen molar-refractivity contribution >= 4 is 35.5 Å². The second-order valence-electron chi connectivity index (χ2n) is 11.5. The predicted octanol–water partition coefficient (Wildman–Crippen LogP) is 0.658. The van der Waals surface area contributed by atoms with E-state index in [-0.39, 0.29) is 24.7 Å². The van der Waals surface area contributed by atoms with E-state index < -0.39 is 59.3 Å². The number of hydrogen-bond acceptors (Lipinski definition) is 6.